The smallest absolute Gasteiger partial charge is 0.275 e. The number of sulfone groups is 1. The van der Waals surface area contributed by atoms with Gasteiger partial charge in [-0.05, 0) is 24.3 Å². The van der Waals surface area contributed by atoms with Crippen molar-refractivity contribution in [3.05, 3.63) is 54.6 Å². The van der Waals surface area contributed by atoms with E-state index >= 15 is 0 Å². The maximum Gasteiger partial charge on any atom is 0.516 e. The van der Waals surface area contributed by atoms with Crippen LogP contribution in [0.5, 0.6) is 0 Å². The summed E-state index contributed by atoms with van der Waals surface area (Å²) in [5, 5.41) is 0. The summed E-state index contributed by atoms with van der Waals surface area (Å²) in [6.07, 6.45) is 0. The third-order valence-electron chi connectivity index (χ3n) is 2.78. The first-order chi connectivity index (χ1) is 10.6. The number of alkyl halides is 3. The van der Waals surface area contributed by atoms with E-state index in [1.54, 1.807) is 6.07 Å². The van der Waals surface area contributed by atoms with Crippen LogP contribution in [0.4, 0.5) is 18.9 Å². The number of hydrogen-bond donors (Lipinski definition) is 1. The number of hydrogen-bond acceptors (Lipinski definition) is 4. The van der Waals surface area contributed by atoms with E-state index in [-0.39, 0.29) is 4.90 Å². The number of sulfonamides is 1. The molecule has 0 aliphatic heterocycles. The molecule has 0 unspecified atom stereocenters. The van der Waals surface area contributed by atoms with Crippen LogP contribution >= 0.6 is 0 Å². The Bertz CT molecular complexity index is 908. The molecule has 0 aliphatic carbocycles. The van der Waals surface area contributed by atoms with Crippen molar-refractivity contribution in [3.63, 3.8) is 0 Å². The quantitative estimate of drug-likeness (QED) is 0.903. The van der Waals surface area contributed by atoms with E-state index in [9.17, 15) is 30.0 Å². The first-order valence-corrected chi connectivity index (χ1v) is 9.00. The maximum atomic E-state index is 12.5. The van der Waals surface area contributed by atoms with E-state index in [1.165, 1.54) is 41.1 Å². The Kier molecular flexibility index (Phi) is 4.40. The fourth-order valence-corrected chi connectivity index (χ4v) is 3.80. The van der Waals surface area contributed by atoms with Gasteiger partial charge in [0.1, 0.15) is 0 Å². The van der Waals surface area contributed by atoms with Crippen LogP contribution in [0.3, 0.4) is 0 Å². The zero-order valence-corrected chi connectivity index (χ0v) is 12.9. The van der Waals surface area contributed by atoms with Gasteiger partial charge in [0.25, 0.3) is 0 Å². The van der Waals surface area contributed by atoms with Crippen molar-refractivity contribution in [2.45, 2.75) is 15.3 Å². The summed E-state index contributed by atoms with van der Waals surface area (Å²) in [6.45, 7) is 0. The lowest BCUT2D eigenvalue weighted by atomic mass is 10.3. The van der Waals surface area contributed by atoms with E-state index in [2.05, 4.69) is 0 Å². The molecule has 0 fully saturated rings. The Labute approximate surface area is 130 Å². The molecule has 0 atom stereocenters. The Morgan fingerprint density at radius 2 is 1.30 bits per heavy atom. The highest BCUT2D eigenvalue weighted by molar-refractivity contribution is 7.94. The van der Waals surface area contributed by atoms with Crippen LogP contribution in [0.15, 0.2) is 64.4 Å². The summed E-state index contributed by atoms with van der Waals surface area (Å²) in [6, 6.07) is 11.4. The molecule has 0 heterocycles. The second-order valence-corrected chi connectivity index (χ2v) is 7.96. The van der Waals surface area contributed by atoms with Crippen molar-refractivity contribution in [1.82, 2.24) is 0 Å². The summed E-state index contributed by atoms with van der Waals surface area (Å²) < 4.78 is 86.0. The molecular formula is C13H10F3NO4S2. The van der Waals surface area contributed by atoms with Crippen LogP contribution in [0.2, 0.25) is 0 Å². The molecular weight excluding hydrogens is 355 g/mol. The maximum absolute atomic E-state index is 12.5. The predicted octanol–water partition coefficient (Wildman–Crippen LogP) is 2.78. The highest BCUT2D eigenvalue weighted by Crippen LogP contribution is 2.31. The summed E-state index contributed by atoms with van der Waals surface area (Å²) in [4.78, 5) is -0.738. The molecule has 2 aromatic carbocycles. The average molecular weight is 365 g/mol. The van der Waals surface area contributed by atoms with Crippen LogP contribution < -0.4 is 4.72 Å². The normalized spacial score (nSPS) is 12.8. The lowest BCUT2D eigenvalue weighted by Gasteiger charge is -2.14. The van der Waals surface area contributed by atoms with Gasteiger partial charge in [0.15, 0.2) is 0 Å². The first-order valence-electron chi connectivity index (χ1n) is 6.04. The van der Waals surface area contributed by atoms with Gasteiger partial charge in [-0.25, -0.2) is 8.42 Å². The molecule has 0 amide bonds. The van der Waals surface area contributed by atoms with Crippen LogP contribution in [-0.4, -0.2) is 22.3 Å². The fraction of sp³-hybridized carbons (Fsp3) is 0.0769. The molecule has 0 aromatic heterocycles. The molecule has 0 spiro atoms. The van der Waals surface area contributed by atoms with Gasteiger partial charge in [0.2, 0.25) is 9.84 Å². The largest absolute Gasteiger partial charge is 0.516 e. The molecule has 23 heavy (non-hydrogen) atoms. The molecule has 0 aliphatic rings. The fourth-order valence-electron chi connectivity index (χ4n) is 1.71. The monoisotopic (exact) mass is 365 g/mol. The van der Waals surface area contributed by atoms with Gasteiger partial charge in [-0.1, -0.05) is 30.3 Å². The Hall–Kier alpha value is -2.07. The van der Waals surface area contributed by atoms with Crippen LogP contribution in [0, 0.1) is 0 Å². The average Bonchev–Trinajstić information content (AvgIpc) is 2.47. The summed E-state index contributed by atoms with van der Waals surface area (Å²) in [7, 11) is -9.91. The van der Waals surface area contributed by atoms with E-state index in [0.717, 1.165) is 12.1 Å². The van der Waals surface area contributed by atoms with E-state index < -0.39 is 36.0 Å². The van der Waals surface area contributed by atoms with Crippen molar-refractivity contribution in [1.29, 1.82) is 0 Å². The third-order valence-corrected chi connectivity index (χ3v) is 5.70. The van der Waals surface area contributed by atoms with Crippen molar-refractivity contribution >= 4 is 25.5 Å². The molecule has 0 saturated heterocycles. The molecule has 0 saturated carbocycles. The van der Waals surface area contributed by atoms with Crippen LogP contribution in [0.25, 0.3) is 0 Å². The molecule has 2 aromatic rings. The molecule has 124 valence electrons. The number of nitrogens with one attached hydrogen (secondary N) is 1. The molecule has 5 nitrogen and oxygen atoms in total. The summed E-state index contributed by atoms with van der Waals surface area (Å²) >= 11 is 0. The van der Waals surface area contributed by atoms with Gasteiger partial charge in [0, 0.05) is 0 Å². The van der Waals surface area contributed by atoms with Crippen molar-refractivity contribution in [2.75, 3.05) is 4.72 Å². The summed E-state index contributed by atoms with van der Waals surface area (Å²) in [5.74, 6) is 0. The van der Waals surface area contributed by atoms with Gasteiger partial charge >= 0.3 is 15.5 Å². The van der Waals surface area contributed by atoms with Gasteiger partial charge in [-0.3, -0.25) is 4.72 Å². The minimum atomic E-state index is -5.73. The lowest BCUT2D eigenvalue weighted by molar-refractivity contribution is -0.0429. The molecule has 2 rings (SSSR count). The summed E-state index contributed by atoms with van der Waals surface area (Å²) in [5.41, 5.74) is -6.23. The Morgan fingerprint density at radius 1 is 0.783 bits per heavy atom. The highest BCUT2D eigenvalue weighted by atomic mass is 32.2. The minimum absolute atomic E-state index is 0.168. The second kappa shape index (κ2) is 5.85. The predicted molar refractivity (Wildman–Crippen MR) is 76.9 cm³/mol. The number of anilines is 1. The minimum Gasteiger partial charge on any atom is -0.275 e. The molecule has 0 radical (unpaired) electrons. The Morgan fingerprint density at radius 3 is 1.87 bits per heavy atom. The first kappa shape index (κ1) is 17.3. The zero-order chi connectivity index (χ0) is 17.3. The van der Waals surface area contributed by atoms with Crippen LogP contribution in [0.1, 0.15) is 0 Å². The number of rotatable bonds is 4. The van der Waals surface area contributed by atoms with Crippen LogP contribution in [-0.2, 0) is 19.9 Å². The second-order valence-electron chi connectivity index (χ2n) is 4.36. The number of halogens is 3. The molecule has 0 bridgehead atoms. The standard InChI is InChI=1S/C13H10F3NO4S2/c14-13(15,16)23(20,21)17-11-8-4-5-9-12(11)22(18,19)10-6-2-1-3-7-10/h1-9,17H. The lowest BCUT2D eigenvalue weighted by Crippen LogP contribution is -2.30. The molecule has 1 N–H and O–H groups in total. The third kappa shape index (κ3) is 3.48. The highest BCUT2D eigenvalue weighted by Gasteiger charge is 2.46. The van der Waals surface area contributed by atoms with Gasteiger partial charge in [-0.15, -0.1) is 0 Å². The SMILES string of the molecule is O=S(=O)(c1ccccc1)c1ccccc1NS(=O)(=O)C(F)(F)F. The topological polar surface area (TPSA) is 80.3 Å². The van der Waals surface area contributed by atoms with Gasteiger partial charge < -0.3 is 0 Å². The zero-order valence-electron chi connectivity index (χ0n) is 11.3. The van der Waals surface area contributed by atoms with Crippen molar-refractivity contribution in [2.24, 2.45) is 0 Å². The van der Waals surface area contributed by atoms with Crippen molar-refractivity contribution in [3.8, 4) is 0 Å². The molecule has 10 heteroatoms. The van der Waals surface area contributed by atoms with Gasteiger partial charge in [-0.2, -0.15) is 21.6 Å². The van der Waals surface area contributed by atoms with E-state index in [1.807, 2.05) is 0 Å². The van der Waals surface area contributed by atoms with E-state index in [0.29, 0.717) is 0 Å². The van der Waals surface area contributed by atoms with E-state index in [4.69, 9.17) is 0 Å². The van der Waals surface area contributed by atoms with Gasteiger partial charge in [0.05, 0.1) is 15.5 Å². The van der Waals surface area contributed by atoms with Crippen molar-refractivity contribution < 1.29 is 30.0 Å². The number of para-hydroxylation sites is 1. The number of benzene rings is 2. The Balaban J connectivity index is 2.56.